The third-order valence-electron chi connectivity index (χ3n) is 2.52. The van der Waals surface area contributed by atoms with Crippen molar-refractivity contribution in [3.8, 4) is 0 Å². The van der Waals surface area contributed by atoms with Crippen LogP contribution in [-0.2, 0) is 9.59 Å². The third kappa shape index (κ3) is 5.24. The van der Waals surface area contributed by atoms with Crippen LogP contribution in [0.1, 0.15) is 20.3 Å². The maximum absolute atomic E-state index is 11.9. The molecule has 104 valence electrons. The van der Waals surface area contributed by atoms with Crippen molar-refractivity contribution >= 4 is 39.6 Å². The average molecular weight is 346 g/mol. The second kappa shape index (κ2) is 7.55. The van der Waals surface area contributed by atoms with Crippen molar-refractivity contribution in [1.82, 2.24) is 5.32 Å². The lowest BCUT2D eigenvalue weighted by Gasteiger charge is -2.16. The lowest BCUT2D eigenvalue weighted by atomic mass is 10.2. The molecule has 0 spiro atoms. The Morgan fingerprint density at radius 3 is 2.42 bits per heavy atom. The number of thioether (sulfide) groups is 1. The van der Waals surface area contributed by atoms with E-state index in [1.54, 1.807) is 13.8 Å². The van der Waals surface area contributed by atoms with Gasteiger partial charge in [0.15, 0.2) is 0 Å². The van der Waals surface area contributed by atoms with Crippen molar-refractivity contribution in [2.24, 2.45) is 0 Å². The zero-order chi connectivity index (χ0) is 14.4. The summed E-state index contributed by atoms with van der Waals surface area (Å²) >= 11 is 4.74. The summed E-state index contributed by atoms with van der Waals surface area (Å²) in [7, 11) is 0. The van der Waals surface area contributed by atoms with Crippen molar-refractivity contribution < 1.29 is 14.7 Å². The van der Waals surface area contributed by atoms with Crippen molar-refractivity contribution in [2.75, 3.05) is 0 Å². The van der Waals surface area contributed by atoms with E-state index in [0.29, 0.717) is 6.42 Å². The Labute approximate surface area is 125 Å². The van der Waals surface area contributed by atoms with E-state index in [1.165, 1.54) is 11.8 Å². The molecule has 0 aliphatic heterocycles. The van der Waals surface area contributed by atoms with Gasteiger partial charge in [0.25, 0.3) is 0 Å². The number of nitrogens with one attached hydrogen (secondary N) is 1. The topological polar surface area (TPSA) is 66.4 Å². The van der Waals surface area contributed by atoms with Crippen molar-refractivity contribution in [3.05, 3.63) is 28.7 Å². The van der Waals surface area contributed by atoms with Gasteiger partial charge in [-0.25, -0.2) is 4.79 Å². The van der Waals surface area contributed by atoms with Crippen LogP contribution in [0.2, 0.25) is 0 Å². The van der Waals surface area contributed by atoms with Crippen LogP contribution in [0.15, 0.2) is 33.6 Å². The molecule has 0 radical (unpaired) electrons. The molecule has 2 atom stereocenters. The van der Waals surface area contributed by atoms with E-state index >= 15 is 0 Å². The van der Waals surface area contributed by atoms with Gasteiger partial charge in [0, 0.05) is 9.37 Å². The number of carbonyl (C=O) groups is 2. The summed E-state index contributed by atoms with van der Waals surface area (Å²) in [6.07, 6.45) is 0.372. The quantitative estimate of drug-likeness (QED) is 0.778. The fraction of sp³-hybridized carbons (Fsp3) is 0.385. The molecule has 1 aromatic carbocycles. The molecule has 2 N–H and O–H groups in total. The number of carboxylic acids is 1. The van der Waals surface area contributed by atoms with Crippen LogP contribution >= 0.6 is 27.7 Å². The van der Waals surface area contributed by atoms with Crippen LogP contribution in [0.4, 0.5) is 0 Å². The van der Waals surface area contributed by atoms with Crippen molar-refractivity contribution in [3.63, 3.8) is 0 Å². The minimum atomic E-state index is -1.00. The summed E-state index contributed by atoms with van der Waals surface area (Å²) in [6, 6.07) is 6.80. The SMILES string of the molecule is CCC(NC(=O)C(C)Sc1ccc(Br)cc1)C(=O)O. The van der Waals surface area contributed by atoms with Crippen molar-refractivity contribution in [1.29, 1.82) is 0 Å². The number of carbonyl (C=O) groups excluding carboxylic acids is 1. The van der Waals surface area contributed by atoms with Gasteiger partial charge in [-0.15, -0.1) is 11.8 Å². The number of amides is 1. The Kier molecular flexibility index (Phi) is 6.37. The minimum absolute atomic E-state index is 0.262. The normalized spacial score (nSPS) is 13.6. The molecule has 0 bridgehead atoms. The van der Waals surface area contributed by atoms with Crippen molar-refractivity contribution in [2.45, 2.75) is 36.5 Å². The predicted octanol–water partition coefficient (Wildman–Crippen LogP) is 2.91. The second-order valence-electron chi connectivity index (χ2n) is 4.02. The number of rotatable bonds is 6. The molecule has 0 aliphatic rings. The molecule has 0 saturated heterocycles. The number of benzene rings is 1. The van der Waals surface area contributed by atoms with E-state index in [9.17, 15) is 9.59 Å². The molecule has 2 unspecified atom stereocenters. The van der Waals surface area contributed by atoms with E-state index in [-0.39, 0.29) is 11.2 Å². The van der Waals surface area contributed by atoms with E-state index in [2.05, 4.69) is 21.2 Å². The molecule has 1 aromatic rings. The van der Waals surface area contributed by atoms with E-state index in [1.807, 2.05) is 24.3 Å². The third-order valence-corrected chi connectivity index (χ3v) is 4.16. The number of hydrogen-bond donors (Lipinski definition) is 2. The van der Waals surface area contributed by atoms with Gasteiger partial charge >= 0.3 is 5.97 Å². The first-order valence-electron chi connectivity index (χ1n) is 5.89. The fourth-order valence-corrected chi connectivity index (χ4v) is 2.54. The summed E-state index contributed by atoms with van der Waals surface area (Å²) < 4.78 is 0.978. The minimum Gasteiger partial charge on any atom is -0.480 e. The molecule has 0 fully saturated rings. The lowest BCUT2D eigenvalue weighted by molar-refractivity contribution is -0.141. The van der Waals surface area contributed by atoms with Crippen LogP contribution in [0.3, 0.4) is 0 Å². The molecular formula is C13H16BrNO3S. The molecule has 0 heterocycles. The summed E-state index contributed by atoms with van der Waals surface area (Å²) in [5.74, 6) is -1.26. The Morgan fingerprint density at radius 1 is 1.37 bits per heavy atom. The summed E-state index contributed by atoms with van der Waals surface area (Å²) in [5.41, 5.74) is 0. The zero-order valence-electron chi connectivity index (χ0n) is 10.7. The first-order chi connectivity index (χ1) is 8.93. The standard InChI is InChI=1S/C13H16BrNO3S/c1-3-11(13(17)18)15-12(16)8(2)19-10-6-4-9(14)5-7-10/h4-8,11H,3H2,1-2H3,(H,15,16)(H,17,18). The molecule has 6 heteroatoms. The smallest absolute Gasteiger partial charge is 0.326 e. The van der Waals surface area contributed by atoms with Crippen LogP contribution in [0.25, 0.3) is 0 Å². The molecule has 19 heavy (non-hydrogen) atoms. The highest BCUT2D eigenvalue weighted by Gasteiger charge is 2.21. The highest BCUT2D eigenvalue weighted by atomic mass is 79.9. The molecule has 0 aromatic heterocycles. The molecule has 1 amide bonds. The first kappa shape index (κ1) is 16.0. The average Bonchev–Trinajstić information content (AvgIpc) is 2.37. The van der Waals surface area contributed by atoms with Crippen LogP contribution in [0, 0.1) is 0 Å². The lowest BCUT2D eigenvalue weighted by Crippen LogP contribution is -2.43. The zero-order valence-corrected chi connectivity index (χ0v) is 13.1. The Bertz CT molecular complexity index is 450. The van der Waals surface area contributed by atoms with Crippen LogP contribution in [0.5, 0.6) is 0 Å². The Hall–Kier alpha value is -1.01. The summed E-state index contributed by atoms with van der Waals surface area (Å²) in [5, 5.41) is 11.1. The van der Waals surface area contributed by atoms with E-state index < -0.39 is 12.0 Å². The summed E-state index contributed by atoms with van der Waals surface area (Å²) in [6.45, 7) is 3.49. The second-order valence-corrected chi connectivity index (χ2v) is 6.35. The maximum Gasteiger partial charge on any atom is 0.326 e. The first-order valence-corrected chi connectivity index (χ1v) is 7.56. The van der Waals surface area contributed by atoms with Crippen LogP contribution < -0.4 is 5.32 Å². The number of hydrogen-bond acceptors (Lipinski definition) is 3. The number of aliphatic carboxylic acids is 1. The number of halogens is 1. The fourth-order valence-electron chi connectivity index (χ4n) is 1.40. The van der Waals surface area contributed by atoms with E-state index in [0.717, 1.165) is 9.37 Å². The Morgan fingerprint density at radius 2 is 1.95 bits per heavy atom. The van der Waals surface area contributed by atoms with E-state index in [4.69, 9.17) is 5.11 Å². The van der Waals surface area contributed by atoms with Crippen LogP contribution in [-0.4, -0.2) is 28.3 Å². The molecule has 4 nitrogen and oxygen atoms in total. The van der Waals surface area contributed by atoms with Gasteiger partial charge in [0.2, 0.25) is 5.91 Å². The van der Waals surface area contributed by atoms with Gasteiger partial charge in [-0.3, -0.25) is 4.79 Å². The number of carboxylic acid groups (broad SMARTS) is 1. The predicted molar refractivity (Wildman–Crippen MR) is 79.3 cm³/mol. The largest absolute Gasteiger partial charge is 0.480 e. The highest BCUT2D eigenvalue weighted by molar-refractivity contribution is 9.10. The monoisotopic (exact) mass is 345 g/mol. The van der Waals surface area contributed by atoms with Gasteiger partial charge < -0.3 is 10.4 Å². The Balaban J connectivity index is 2.57. The van der Waals surface area contributed by atoms with Gasteiger partial charge in [-0.1, -0.05) is 22.9 Å². The molecule has 0 aliphatic carbocycles. The van der Waals surface area contributed by atoms with Gasteiger partial charge in [0.05, 0.1) is 5.25 Å². The molecular weight excluding hydrogens is 330 g/mol. The maximum atomic E-state index is 11.9. The summed E-state index contributed by atoms with van der Waals surface area (Å²) in [4.78, 5) is 23.7. The van der Waals surface area contributed by atoms with Gasteiger partial charge in [0.1, 0.15) is 6.04 Å². The van der Waals surface area contributed by atoms with Gasteiger partial charge in [-0.05, 0) is 37.6 Å². The molecule has 0 saturated carbocycles. The molecule has 1 rings (SSSR count). The highest BCUT2D eigenvalue weighted by Crippen LogP contribution is 2.24. The van der Waals surface area contributed by atoms with Gasteiger partial charge in [-0.2, -0.15) is 0 Å².